The fourth-order valence-corrected chi connectivity index (χ4v) is 2.76. The molecule has 1 saturated carbocycles. The summed E-state index contributed by atoms with van der Waals surface area (Å²) in [6.45, 7) is 7.26. The maximum absolute atomic E-state index is 6.18. The third-order valence-corrected chi connectivity index (χ3v) is 3.89. The van der Waals surface area contributed by atoms with Crippen LogP contribution in [0, 0.1) is 5.92 Å². The molecule has 0 spiro atoms. The van der Waals surface area contributed by atoms with Gasteiger partial charge in [-0.15, -0.1) is 0 Å². The van der Waals surface area contributed by atoms with E-state index in [1.54, 1.807) is 0 Å². The van der Waals surface area contributed by atoms with E-state index in [2.05, 4.69) is 36.1 Å². The van der Waals surface area contributed by atoms with Crippen LogP contribution >= 0.6 is 0 Å². The van der Waals surface area contributed by atoms with E-state index in [1.807, 2.05) is 13.2 Å². The van der Waals surface area contributed by atoms with Crippen LogP contribution in [-0.4, -0.2) is 23.1 Å². The molecule has 2 rings (SSSR count). The monoisotopic (exact) mass is 277 g/mol. The van der Waals surface area contributed by atoms with Crippen LogP contribution in [0.15, 0.2) is 6.20 Å². The Labute approximate surface area is 122 Å². The Bertz CT molecular complexity index is 434. The van der Waals surface area contributed by atoms with Crippen LogP contribution in [-0.2, 0) is 6.54 Å². The smallest absolute Gasteiger partial charge is 0.160 e. The Morgan fingerprint density at radius 3 is 2.85 bits per heavy atom. The highest BCUT2D eigenvalue weighted by atomic mass is 16.5. The summed E-state index contributed by atoms with van der Waals surface area (Å²) in [5.74, 6) is 2.84. The molecule has 0 saturated heterocycles. The number of aromatic nitrogens is 2. The molecule has 112 valence electrons. The molecule has 0 radical (unpaired) electrons. The van der Waals surface area contributed by atoms with Crippen molar-refractivity contribution in [2.45, 2.75) is 65.0 Å². The lowest BCUT2D eigenvalue weighted by Gasteiger charge is -2.28. The van der Waals surface area contributed by atoms with Crippen LogP contribution < -0.4 is 10.1 Å². The maximum atomic E-state index is 6.18. The van der Waals surface area contributed by atoms with E-state index in [-0.39, 0.29) is 0 Å². The van der Waals surface area contributed by atoms with Crippen LogP contribution in [0.25, 0.3) is 0 Å². The Kier molecular flexibility index (Phi) is 5.35. The molecule has 0 aromatic carbocycles. The SMILES string of the molecule is CNCc1nc(C(C)C)ncc1OC1CCCC(C)C1. The molecule has 2 unspecified atom stereocenters. The highest BCUT2D eigenvalue weighted by Gasteiger charge is 2.22. The Hall–Kier alpha value is -1.16. The quantitative estimate of drug-likeness (QED) is 0.897. The van der Waals surface area contributed by atoms with Crippen molar-refractivity contribution in [3.63, 3.8) is 0 Å². The summed E-state index contributed by atoms with van der Waals surface area (Å²) in [6, 6.07) is 0. The van der Waals surface area contributed by atoms with Crippen molar-refractivity contribution in [2.75, 3.05) is 7.05 Å². The predicted molar refractivity (Wildman–Crippen MR) is 80.9 cm³/mol. The molecule has 0 aliphatic heterocycles. The van der Waals surface area contributed by atoms with E-state index >= 15 is 0 Å². The molecule has 0 bridgehead atoms. The lowest BCUT2D eigenvalue weighted by atomic mass is 9.89. The summed E-state index contributed by atoms with van der Waals surface area (Å²) in [5, 5.41) is 3.17. The summed E-state index contributed by atoms with van der Waals surface area (Å²) in [4.78, 5) is 9.09. The zero-order valence-electron chi connectivity index (χ0n) is 13.1. The molecule has 1 N–H and O–H groups in total. The number of nitrogens with zero attached hydrogens (tertiary/aromatic N) is 2. The van der Waals surface area contributed by atoms with Gasteiger partial charge in [-0.2, -0.15) is 0 Å². The Balaban J connectivity index is 2.13. The molecule has 1 fully saturated rings. The van der Waals surface area contributed by atoms with Crippen molar-refractivity contribution in [1.82, 2.24) is 15.3 Å². The van der Waals surface area contributed by atoms with Crippen molar-refractivity contribution in [2.24, 2.45) is 5.92 Å². The summed E-state index contributed by atoms with van der Waals surface area (Å²) < 4.78 is 6.18. The first kappa shape index (κ1) is 15.2. The standard InChI is InChI=1S/C16H27N3O/c1-11(2)16-18-10-15(14(19-16)9-17-4)20-13-7-5-6-12(3)8-13/h10-13,17H,5-9H2,1-4H3. The van der Waals surface area contributed by atoms with Crippen LogP contribution in [0.4, 0.5) is 0 Å². The molecule has 20 heavy (non-hydrogen) atoms. The predicted octanol–water partition coefficient (Wildman–Crippen LogP) is 3.28. The summed E-state index contributed by atoms with van der Waals surface area (Å²) in [7, 11) is 1.93. The van der Waals surface area contributed by atoms with Crippen molar-refractivity contribution < 1.29 is 4.74 Å². The van der Waals surface area contributed by atoms with Gasteiger partial charge in [0, 0.05) is 12.5 Å². The first-order valence-electron chi connectivity index (χ1n) is 7.77. The minimum Gasteiger partial charge on any atom is -0.487 e. The average molecular weight is 277 g/mol. The number of hydrogen-bond donors (Lipinski definition) is 1. The Morgan fingerprint density at radius 2 is 2.20 bits per heavy atom. The number of hydrogen-bond acceptors (Lipinski definition) is 4. The first-order valence-corrected chi connectivity index (χ1v) is 7.77. The summed E-state index contributed by atoms with van der Waals surface area (Å²) in [5.41, 5.74) is 0.976. The summed E-state index contributed by atoms with van der Waals surface area (Å²) >= 11 is 0. The minimum atomic E-state index is 0.322. The second-order valence-electron chi connectivity index (χ2n) is 6.24. The van der Waals surface area contributed by atoms with Gasteiger partial charge in [0.2, 0.25) is 0 Å². The number of ether oxygens (including phenoxy) is 1. The second kappa shape index (κ2) is 7.02. The summed E-state index contributed by atoms with van der Waals surface area (Å²) in [6.07, 6.45) is 7.06. The third kappa shape index (κ3) is 3.92. The highest BCUT2D eigenvalue weighted by molar-refractivity contribution is 5.25. The topological polar surface area (TPSA) is 47.0 Å². The molecule has 4 nitrogen and oxygen atoms in total. The van der Waals surface area contributed by atoms with Gasteiger partial charge in [0.1, 0.15) is 5.82 Å². The largest absolute Gasteiger partial charge is 0.487 e. The molecule has 0 amide bonds. The normalized spacial score (nSPS) is 23.1. The molecule has 1 aromatic rings. The van der Waals surface area contributed by atoms with Gasteiger partial charge in [-0.25, -0.2) is 9.97 Å². The van der Waals surface area contributed by atoms with Gasteiger partial charge in [-0.3, -0.25) is 0 Å². The maximum Gasteiger partial charge on any atom is 0.160 e. The van der Waals surface area contributed by atoms with Gasteiger partial charge in [-0.1, -0.05) is 27.2 Å². The third-order valence-electron chi connectivity index (χ3n) is 3.89. The van der Waals surface area contributed by atoms with Crippen LogP contribution in [0.1, 0.15) is 63.9 Å². The first-order chi connectivity index (χ1) is 9.60. The van der Waals surface area contributed by atoms with Crippen molar-refractivity contribution in [1.29, 1.82) is 0 Å². The minimum absolute atomic E-state index is 0.322. The van der Waals surface area contributed by atoms with Gasteiger partial charge < -0.3 is 10.1 Å². The number of nitrogens with one attached hydrogen (secondary N) is 1. The van der Waals surface area contributed by atoms with Crippen LogP contribution in [0.3, 0.4) is 0 Å². The Morgan fingerprint density at radius 1 is 1.40 bits per heavy atom. The zero-order chi connectivity index (χ0) is 14.5. The molecule has 4 heteroatoms. The molecule has 1 aliphatic rings. The van der Waals surface area contributed by atoms with Gasteiger partial charge in [0.15, 0.2) is 5.75 Å². The molecule has 1 heterocycles. The van der Waals surface area contributed by atoms with E-state index < -0.39 is 0 Å². The van der Waals surface area contributed by atoms with Crippen molar-refractivity contribution in [3.05, 3.63) is 17.7 Å². The van der Waals surface area contributed by atoms with Gasteiger partial charge in [0.25, 0.3) is 0 Å². The van der Waals surface area contributed by atoms with Gasteiger partial charge in [0.05, 0.1) is 18.0 Å². The molecule has 2 atom stereocenters. The lowest BCUT2D eigenvalue weighted by Crippen LogP contribution is -2.25. The van der Waals surface area contributed by atoms with Crippen molar-refractivity contribution >= 4 is 0 Å². The molecular weight excluding hydrogens is 250 g/mol. The van der Waals surface area contributed by atoms with Gasteiger partial charge in [-0.05, 0) is 32.2 Å². The zero-order valence-corrected chi connectivity index (χ0v) is 13.1. The second-order valence-corrected chi connectivity index (χ2v) is 6.24. The van der Waals surface area contributed by atoms with Crippen LogP contribution in [0.2, 0.25) is 0 Å². The van der Waals surface area contributed by atoms with E-state index in [0.717, 1.165) is 42.6 Å². The molecule has 1 aliphatic carbocycles. The van der Waals surface area contributed by atoms with Crippen molar-refractivity contribution in [3.8, 4) is 5.75 Å². The van der Waals surface area contributed by atoms with E-state index in [1.165, 1.54) is 12.8 Å². The fraction of sp³-hybridized carbons (Fsp3) is 0.750. The fourth-order valence-electron chi connectivity index (χ4n) is 2.76. The molecular formula is C16H27N3O. The van der Waals surface area contributed by atoms with Gasteiger partial charge >= 0.3 is 0 Å². The molecule has 1 aromatic heterocycles. The average Bonchev–Trinajstić information content (AvgIpc) is 2.41. The van der Waals surface area contributed by atoms with Crippen LogP contribution in [0.5, 0.6) is 5.75 Å². The van der Waals surface area contributed by atoms with E-state index in [0.29, 0.717) is 12.0 Å². The highest BCUT2D eigenvalue weighted by Crippen LogP contribution is 2.28. The number of rotatable bonds is 5. The lowest BCUT2D eigenvalue weighted by molar-refractivity contribution is 0.126. The van der Waals surface area contributed by atoms with E-state index in [9.17, 15) is 0 Å². The van der Waals surface area contributed by atoms with E-state index in [4.69, 9.17) is 4.74 Å².